The van der Waals surface area contributed by atoms with E-state index in [2.05, 4.69) is 10.6 Å². The van der Waals surface area contributed by atoms with E-state index in [-0.39, 0.29) is 23.9 Å². The molecular formula is C28H30N2O5S. The lowest BCUT2D eigenvalue weighted by Crippen LogP contribution is -2.34. The van der Waals surface area contributed by atoms with Crippen molar-refractivity contribution in [2.45, 2.75) is 25.7 Å². The number of anilines is 1. The molecule has 0 bridgehead atoms. The van der Waals surface area contributed by atoms with Crippen molar-refractivity contribution in [3.8, 4) is 11.5 Å². The first-order valence-electron chi connectivity index (χ1n) is 11.8. The molecule has 0 spiro atoms. The third-order valence-corrected chi connectivity index (χ3v) is 5.22. The molecule has 0 fully saturated rings. The molecule has 0 saturated heterocycles. The number of para-hydroxylation sites is 3. The Labute approximate surface area is 216 Å². The molecule has 0 atom stereocenters. The number of hydrogen-bond acceptors (Lipinski definition) is 6. The molecule has 0 aliphatic rings. The second-order valence-electron chi connectivity index (χ2n) is 7.82. The highest BCUT2D eigenvalue weighted by Crippen LogP contribution is 2.23. The Hall–Kier alpha value is -3.91. The zero-order chi connectivity index (χ0) is 25.4. The zero-order valence-corrected chi connectivity index (χ0v) is 20.8. The molecule has 0 aliphatic heterocycles. The molecule has 188 valence electrons. The van der Waals surface area contributed by atoms with Gasteiger partial charge in [-0.25, -0.2) is 0 Å². The van der Waals surface area contributed by atoms with Crippen LogP contribution in [-0.2, 0) is 20.7 Å². The number of rotatable bonds is 13. The van der Waals surface area contributed by atoms with Crippen LogP contribution in [0.15, 0.2) is 84.9 Å². The second kappa shape index (κ2) is 15.2. The summed E-state index contributed by atoms with van der Waals surface area (Å²) in [7, 11) is 0. The molecule has 7 nitrogen and oxygen atoms in total. The zero-order valence-electron chi connectivity index (χ0n) is 20.0. The van der Waals surface area contributed by atoms with Crippen LogP contribution in [0, 0.1) is 0 Å². The van der Waals surface area contributed by atoms with Crippen LogP contribution in [0.25, 0.3) is 0 Å². The Kier molecular flexibility index (Phi) is 11.2. The van der Waals surface area contributed by atoms with Gasteiger partial charge in [0.25, 0.3) is 0 Å². The maximum absolute atomic E-state index is 12.2. The number of hydrogen-bond donors (Lipinski definition) is 2. The first-order chi connectivity index (χ1) is 17.6. The predicted octanol–water partition coefficient (Wildman–Crippen LogP) is 4.91. The fourth-order valence-electron chi connectivity index (χ4n) is 3.26. The molecule has 0 aromatic heterocycles. The molecule has 0 aliphatic carbocycles. The van der Waals surface area contributed by atoms with Gasteiger partial charge in [0.15, 0.2) is 5.11 Å². The van der Waals surface area contributed by atoms with E-state index in [1.807, 2.05) is 72.8 Å². The molecule has 2 N–H and O–H groups in total. The Morgan fingerprint density at radius 2 is 1.42 bits per heavy atom. The topological polar surface area (TPSA) is 85.9 Å². The number of aryl methyl sites for hydroxylation is 1. The Morgan fingerprint density at radius 3 is 2.19 bits per heavy atom. The Balaban J connectivity index is 1.32. The van der Waals surface area contributed by atoms with Gasteiger partial charge in [-0.3, -0.25) is 9.59 Å². The van der Waals surface area contributed by atoms with Crippen molar-refractivity contribution < 1.29 is 23.8 Å². The lowest BCUT2D eigenvalue weighted by molar-refractivity contribution is -0.145. The van der Waals surface area contributed by atoms with Gasteiger partial charge in [-0.05, 0) is 54.9 Å². The average Bonchev–Trinajstić information content (AvgIpc) is 2.90. The third-order valence-electron chi connectivity index (χ3n) is 5.01. The molecule has 8 heteroatoms. The minimum absolute atomic E-state index is 0.0130. The van der Waals surface area contributed by atoms with E-state index < -0.39 is 5.97 Å². The highest BCUT2D eigenvalue weighted by Gasteiger charge is 2.11. The van der Waals surface area contributed by atoms with Crippen molar-refractivity contribution in [3.63, 3.8) is 0 Å². The number of ether oxygens (including phenoxy) is 3. The minimum atomic E-state index is -0.409. The number of carbonyl (C=O) groups excluding carboxylic acids is 2. The summed E-state index contributed by atoms with van der Waals surface area (Å²) >= 11 is 5.24. The van der Waals surface area contributed by atoms with Gasteiger partial charge in [-0.1, -0.05) is 60.7 Å². The van der Waals surface area contributed by atoms with Crippen LogP contribution in [0.5, 0.6) is 11.5 Å². The van der Waals surface area contributed by atoms with Gasteiger partial charge in [0.2, 0.25) is 5.91 Å². The van der Waals surface area contributed by atoms with Crippen LogP contribution >= 0.6 is 12.2 Å². The number of nitrogens with one attached hydrogen (secondary N) is 2. The van der Waals surface area contributed by atoms with E-state index in [9.17, 15) is 9.59 Å². The summed E-state index contributed by atoms with van der Waals surface area (Å²) in [6.45, 7) is 1.03. The van der Waals surface area contributed by atoms with Gasteiger partial charge in [-0.15, -0.1) is 0 Å². The van der Waals surface area contributed by atoms with Gasteiger partial charge >= 0.3 is 5.97 Å². The van der Waals surface area contributed by atoms with E-state index in [4.69, 9.17) is 26.4 Å². The minimum Gasteiger partial charge on any atom is -0.490 e. The molecule has 0 unspecified atom stereocenters. The Bertz CT molecular complexity index is 1110. The van der Waals surface area contributed by atoms with Crippen LogP contribution in [0.1, 0.15) is 24.8 Å². The van der Waals surface area contributed by atoms with Gasteiger partial charge in [0, 0.05) is 6.42 Å². The van der Waals surface area contributed by atoms with Crippen LogP contribution in [0.2, 0.25) is 0 Å². The van der Waals surface area contributed by atoms with Crippen LogP contribution in [0.3, 0.4) is 0 Å². The van der Waals surface area contributed by atoms with E-state index >= 15 is 0 Å². The maximum atomic E-state index is 12.2. The normalized spacial score (nSPS) is 10.2. The summed E-state index contributed by atoms with van der Waals surface area (Å²) in [6.07, 6.45) is 1.53. The van der Waals surface area contributed by atoms with Gasteiger partial charge in [0.1, 0.15) is 24.7 Å². The first kappa shape index (κ1) is 26.7. The monoisotopic (exact) mass is 506 g/mol. The molecule has 36 heavy (non-hydrogen) atoms. The lowest BCUT2D eigenvalue weighted by Gasteiger charge is -2.14. The summed E-state index contributed by atoms with van der Waals surface area (Å²) in [5.41, 5.74) is 1.81. The van der Waals surface area contributed by atoms with Gasteiger partial charge < -0.3 is 24.8 Å². The number of benzene rings is 3. The Morgan fingerprint density at radius 1 is 0.750 bits per heavy atom. The SMILES string of the molecule is O=C(CCC(=O)OCCCc1ccccc1)NC(=S)Nc1ccccc1OCCOc1ccccc1. The third kappa shape index (κ3) is 10.1. The summed E-state index contributed by atoms with van der Waals surface area (Å²) in [6, 6.07) is 26.7. The van der Waals surface area contributed by atoms with Gasteiger partial charge in [0.05, 0.1) is 18.7 Å². The standard InChI is InChI=1S/C28H30N2O5S/c31-26(17-18-27(32)35-19-9-12-22-10-3-1-4-11-22)30-28(36)29-24-15-7-8-16-25(24)34-21-20-33-23-13-5-2-6-14-23/h1-8,10-11,13-16H,9,12,17-21H2,(H2,29,30,31,36). The fourth-order valence-corrected chi connectivity index (χ4v) is 3.48. The highest BCUT2D eigenvalue weighted by atomic mass is 32.1. The first-order valence-corrected chi connectivity index (χ1v) is 12.2. The average molecular weight is 507 g/mol. The van der Waals surface area contributed by atoms with Crippen molar-refractivity contribution in [2.75, 3.05) is 25.1 Å². The highest BCUT2D eigenvalue weighted by molar-refractivity contribution is 7.80. The van der Waals surface area contributed by atoms with Crippen LogP contribution in [0.4, 0.5) is 5.69 Å². The quantitative estimate of drug-likeness (QED) is 0.193. The molecule has 0 heterocycles. The van der Waals surface area contributed by atoms with Crippen LogP contribution in [-0.4, -0.2) is 36.8 Å². The predicted molar refractivity (Wildman–Crippen MR) is 143 cm³/mol. The molecular weight excluding hydrogens is 476 g/mol. The summed E-state index contributed by atoms with van der Waals surface area (Å²) in [5, 5.41) is 5.66. The van der Waals surface area contributed by atoms with Crippen molar-refractivity contribution >= 4 is 34.9 Å². The smallest absolute Gasteiger partial charge is 0.306 e. The van der Waals surface area contributed by atoms with Crippen LogP contribution < -0.4 is 20.1 Å². The lowest BCUT2D eigenvalue weighted by atomic mass is 10.1. The molecule has 3 aromatic rings. The van der Waals surface area contributed by atoms with E-state index in [1.165, 1.54) is 5.56 Å². The summed E-state index contributed by atoms with van der Waals surface area (Å²) in [4.78, 5) is 24.1. The summed E-state index contributed by atoms with van der Waals surface area (Å²) in [5.74, 6) is 0.564. The van der Waals surface area contributed by atoms with Crippen molar-refractivity contribution in [3.05, 3.63) is 90.5 Å². The van der Waals surface area contributed by atoms with E-state index in [0.717, 1.165) is 18.6 Å². The largest absolute Gasteiger partial charge is 0.490 e. The second-order valence-corrected chi connectivity index (χ2v) is 8.23. The number of carbonyl (C=O) groups is 2. The molecule has 0 saturated carbocycles. The maximum Gasteiger partial charge on any atom is 0.306 e. The number of thiocarbonyl (C=S) groups is 1. The fraction of sp³-hybridized carbons (Fsp3) is 0.250. The summed E-state index contributed by atoms with van der Waals surface area (Å²) < 4.78 is 16.6. The van der Waals surface area contributed by atoms with Gasteiger partial charge in [-0.2, -0.15) is 0 Å². The number of amides is 1. The molecule has 3 rings (SSSR count). The molecule has 0 radical (unpaired) electrons. The van der Waals surface area contributed by atoms with Crippen molar-refractivity contribution in [1.29, 1.82) is 0 Å². The van der Waals surface area contributed by atoms with Crippen molar-refractivity contribution in [2.24, 2.45) is 0 Å². The van der Waals surface area contributed by atoms with E-state index in [0.29, 0.717) is 31.3 Å². The molecule has 3 aromatic carbocycles. The molecule has 1 amide bonds. The van der Waals surface area contributed by atoms with E-state index in [1.54, 1.807) is 12.1 Å². The van der Waals surface area contributed by atoms with Crippen molar-refractivity contribution in [1.82, 2.24) is 5.32 Å². The number of esters is 1.